The minimum Gasteiger partial charge on any atom is -0.548 e. The lowest BCUT2D eigenvalue weighted by Crippen LogP contribution is -2.51. The van der Waals surface area contributed by atoms with Gasteiger partial charge in [-0.1, -0.05) is 19.8 Å². The quantitative estimate of drug-likeness (QED) is 0.677. The highest BCUT2D eigenvalue weighted by molar-refractivity contribution is 5.90. The maximum Gasteiger partial charge on any atom is 0.339 e. The minimum absolute atomic E-state index is 0.309. The van der Waals surface area contributed by atoms with Crippen molar-refractivity contribution in [3.8, 4) is 5.75 Å². The lowest BCUT2D eigenvalue weighted by molar-refractivity contribution is -0.308. The van der Waals surface area contributed by atoms with Crippen molar-refractivity contribution in [2.45, 2.75) is 71.4 Å². The standard InChI is InChI=1S/C22H27NO6/c1-4-5-9-16(21(25)26)23-20(24)13(3)28-17-10-12(2)11-18-19(17)14-7-6-8-15(14)22(27)29-18/h10-11,13,16H,4-9H2,1-3H3,(H,23,24)(H,25,26)/p-1/t13-,16+/m0/s1. The second-order valence-electron chi connectivity index (χ2n) is 7.62. The highest BCUT2D eigenvalue weighted by Crippen LogP contribution is 2.35. The van der Waals surface area contributed by atoms with Gasteiger partial charge in [0.1, 0.15) is 11.3 Å². The first-order valence-corrected chi connectivity index (χ1v) is 10.1. The molecule has 1 aromatic carbocycles. The molecule has 0 spiro atoms. The van der Waals surface area contributed by atoms with E-state index in [9.17, 15) is 19.5 Å². The van der Waals surface area contributed by atoms with Gasteiger partial charge in [-0.25, -0.2) is 4.79 Å². The number of carboxylic acid groups (broad SMARTS) is 1. The molecule has 1 aliphatic carbocycles. The molecule has 1 N–H and O–H groups in total. The largest absolute Gasteiger partial charge is 0.548 e. The van der Waals surface area contributed by atoms with Gasteiger partial charge < -0.3 is 24.4 Å². The van der Waals surface area contributed by atoms with Crippen LogP contribution in [-0.2, 0) is 22.4 Å². The number of fused-ring (bicyclic) bond motifs is 3. The Morgan fingerprint density at radius 3 is 2.69 bits per heavy atom. The zero-order valence-corrected chi connectivity index (χ0v) is 17.0. The summed E-state index contributed by atoms with van der Waals surface area (Å²) in [7, 11) is 0. The number of ether oxygens (including phenoxy) is 1. The van der Waals surface area contributed by atoms with Gasteiger partial charge in [-0.15, -0.1) is 0 Å². The molecule has 0 radical (unpaired) electrons. The number of hydrogen-bond acceptors (Lipinski definition) is 6. The summed E-state index contributed by atoms with van der Waals surface area (Å²) < 4.78 is 11.4. The highest BCUT2D eigenvalue weighted by atomic mass is 16.5. The van der Waals surface area contributed by atoms with Gasteiger partial charge in [-0.05, 0) is 62.8 Å². The summed E-state index contributed by atoms with van der Waals surface area (Å²) >= 11 is 0. The summed E-state index contributed by atoms with van der Waals surface area (Å²) in [5.41, 5.74) is 2.53. The third-order valence-corrected chi connectivity index (χ3v) is 5.30. The molecule has 0 saturated carbocycles. The van der Waals surface area contributed by atoms with Crippen molar-refractivity contribution in [2.75, 3.05) is 0 Å². The van der Waals surface area contributed by atoms with E-state index < -0.39 is 24.0 Å². The number of unbranched alkanes of at least 4 members (excludes halogenated alkanes) is 1. The molecule has 1 heterocycles. The molecule has 156 valence electrons. The van der Waals surface area contributed by atoms with Gasteiger partial charge in [0.05, 0.1) is 17.4 Å². The Bertz CT molecular complexity index is 993. The van der Waals surface area contributed by atoms with Crippen molar-refractivity contribution in [3.63, 3.8) is 0 Å². The van der Waals surface area contributed by atoms with Gasteiger partial charge in [-0.3, -0.25) is 4.79 Å². The van der Waals surface area contributed by atoms with E-state index in [0.717, 1.165) is 30.4 Å². The molecule has 29 heavy (non-hydrogen) atoms. The van der Waals surface area contributed by atoms with Crippen LogP contribution in [0.25, 0.3) is 11.0 Å². The zero-order chi connectivity index (χ0) is 21.1. The average Bonchev–Trinajstić information content (AvgIpc) is 3.14. The Morgan fingerprint density at radius 1 is 1.28 bits per heavy atom. The van der Waals surface area contributed by atoms with Crippen molar-refractivity contribution >= 4 is 22.8 Å². The molecule has 0 saturated heterocycles. The van der Waals surface area contributed by atoms with Crippen LogP contribution in [0.3, 0.4) is 0 Å². The summed E-state index contributed by atoms with van der Waals surface area (Å²) in [5.74, 6) is -1.37. The number of aryl methyl sites for hydroxylation is 2. The van der Waals surface area contributed by atoms with Crippen LogP contribution in [0.5, 0.6) is 5.75 Å². The first kappa shape index (κ1) is 20.9. The summed E-state index contributed by atoms with van der Waals surface area (Å²) in [5, 5.41) is 14.5. The number of benzene rings is 1. The number of nitrogens with one attached hydrogen (secondary N) is 1. The maximum atomic E-state index is 12.5. The topological polar surface area (TPSA) is 109 Å². The van der Waals surface area contributed by atoms with E-state index in [0.29, 0.717) is 41.5 Å². The van der Waals surface area contributed by atoms with Crippen molar-refractivity contribution in [1.82, 2.24) is 5.32 Å². The Kier molecular flexibility index (Phi) is 6.25. The van der Waals surface area contributed by atoms with Crippen molar-refractivity contribution < 1.29 is 23.8 Å². The van der Waals surface area contributed by atoms with Crippen LogP contribution in [0.15, 0.2) is 21.3 Å². The van der Waals surface area contributed by atoms with Gasteiger partial charge in [0.15, 0.2) is 6.10 Å². The molecule has 1 aliphatic rings. The van der Waals surface area contributed by atoms with Gasteiger partial charge >= 0.3 is 5.63 Å². The lowest BCUT2D eigenvalue weighted by Gasteiger charge is -2.23. The maximum absolute atomic E-state index is 12.5. The Morgan fingerprint density at radius 2 is 2.00 bits per heavy atom. The van der Waals surface area contributed by atoms with E-state index in [1.54, 1.807) is 19.1 Å². The van der Waals surface area contributed by atoms with Crippen LogP contribution in [0.4, 0.5) is 0 Å². The summed E-state index contributed by atoms with van der Waals surface area (Å²) in [4.78, 5) is 36.0. The van der Waals surface area contributed by atoms with Crippen molar-refractivity contribution in [2.24, 2.45) is 0 Å². The lowest BCUT2D eigenvalue weighted by atomic mass is 10.0. The smallest absolute Gasteiger partial charge is 0.339 e. The van der Waals surface area contributed by atoms with Crippen molar-refractivity contribution in [3.05, 3.63) is 39.2 Å². The molecular formula is C22H26NO6-. The SMILES string of the molecule is CCCC[C@@H](NC(=O)[C@H](C)Oc1cc(C)cc2oc(=O)c3c(c12)CCC3)C(=O)[O-]. The molecule has 7 nitrogen and oxygen atoms in total. The second-order valence-corrected chi connectivity index (χ2v) is 7.62. The third kappa shape index (κ3) is 4.44. The molecule has 3 rings (SSSR count). The fourth-order valence-corrected chi connectivity index (χ4v) is 3.79. The number of rotatable bonds is 8. The first-order valence-electron chi connectivity index (χ1n) is 10.1. The minimum atomic E-state index is -1.31. The molecule has 0 fully saturated rings. The summed E-state index contributed by atoms with van der Waals surface area (Å²) in [6.07, 6.45) is 3.16. The first-order chi connectivity index (χ1) is 13.8. The van der Waals surface area contributed by atoms with Crippen LogP contribution in [0.1, 0.15) is 56.2 Å². The molecule has 7 heteroatoms. The van der Waals surface area contributed by atoms with Gasteiger partial charge in [0.2, 0.25) is 0 Å². The number of hydrogen-bond donors (Lipinski definition) is 1. The van der Waals surface area contributed by atoms with E-state index in [1.807, 2.05) is 13.8 Å². The fraction of sp³-hybridized carbons (Fsp3) is 0.500. The van der Waals surface area contributed by atoms with E-state index in [-0.39, 0.29) is 5.63 Å². The number of amides is 1. The molecule has 0 bridgehead atoms. The third-order valence-electron chi connectivity index (χ3n) is 5.30. The van der Waals surface area contributed by atoms with E-state index in [2.05, 4.69) is 5.32 Å². The van der Waals surface area contributed by atoms with Crippen LogP contribution >= 0.6 is 0 Å². The highest BCUT2D eigenvalue weighted by Gasteiger charge is 2.25. The van der Waals surface area contributed by atoms with Crippen LogP contribution in [-0.4, -0.2) is 24.0 Å². The number of aliphatic carboxylic acids is 1. The van der Waals surface area contributed by atoms with Crippen LogP contribution < -0.4 is 20.8 Å². The predicted octanol–water partition coefficient (Wildman–Crippen LogP) is 1.78. The zero-order valence-electron chi connectivity index (χ0n) is 17.0. The predicted molar refractivity (Wildman–Crippen MR) is 106 cm³/mol. The van der Waals surface area contributed by atoms with Crippen LogP contribution in [0.2, 0.25) is 0 Å². The van der Waals surface area contributed by atoms with E-state index >= 15 is 0 Å². The molecule has 0 aliphatic heterocycles. The van der Waals surface area contributed by atoms with E-state index in [1.165, 1.54) is 0 Å². The van der Waals surface area contributed by atoms with Gasteiger partial charge in [0.25, 0.3) is 5.91 Å². The van der Waals surface area contributed by atoms with E-state index in [4.69, 9.17) is 9.15 Å². The normalized spacial score (nSPS) is 15.0. The molecule has 1 aromatic heterocycles. The number of carbonyl (C=O) groups excluding carboxylic acids is 2. The summed E-state index contributed by atoms with van der Waals surface area (Å²) in [6.45, 7) is 5.36. The Balaban J connectivity index is 1.87. The fourth-order valence-electron chi connectivity index (χ4n) is 3.79. The van der Waals surface area contributed by atoms with Crippen molar-refractivity contribution in [1.29, 1.82) is 0 Å². The number of carbonyl (C=O) groups is 2. The average molecular weight is 400 g/mol. The summed E-state index contributed by atoms with van der Waals surface area (Å²) in [6, 6.07) is 2.53. The molecule has 2 aromatic rings. The second kappa shape index (κ2) is 8.68. The van der Waals surface area contributed by atoms with Gasteiger partial charge in [-0.2, -0.15) is 0 Å². The molecule has 2 atom stereocenters. The van der Waals surface area contributed by atoms with Crippen LogP contribution in [0, 0.1) is 6.92 Å². The monoisotopic (exact) mass is 400 g/mol. The number of carboxylic acids is 1. The Labute approximate surface area is 169 Å². The molecule has 1 amide bonds. The molecule has 0 unspecified atom stereocenters. The Hall–Kier alpha value is -2.83. The molecular weight excluding hydrogens is 374 g/mol. The van der Waals surface area contributed by atoms with Gasteiger partial charge in [0, 0.05) is 5.56 Å².